The van der Waals surface area contributed by atoms with Crippen LogP contribution in [0, 0.1) is 5.92 Å². The first-order valence-electron chi connectivity index (χ1n) is 8.09. The number of nitrogens with one attached hydrogen (secondary N) is 1. The molecule has 0 radical (unpaired) electrons. The highest BCUT2D eigenvalue weighted by molar-refractivity contribution is 6.42. The molecule has 1 aromatic rings. The largest absolute Gasteiger partial charge is 0.464 e. The number of carbonyl (C=O) groups excluding carboxylic acids is 1. The molecule has 0 amide bonds. The van der Waals surface area contributed by atoms with Gasteiger partial charge in [0.15, 0.2) is 0 Å². The van der Waals surface area contributed by atoms with Gasteiger partial charge in [0, 0.05) is 19.0 Å². The highest BCUT2D eigenvalue weighted by Crippen LogP contribution is 2.25. The standard InChI is InChI=1S/C17H23Cl2NO4/c1-2-23-17(21)11-22-10-16-13(9-20-5-6-24-16)7-12-3-4-14(18)15(19)8-12/h3-4,8,13,16,20H,2,5-7,9-11H2,1H3. The monoisotopic (exact) mass is 375 g/mol. The SMILES string of the molecule is CCOC(=O)COCC1OCCNCC1Cc1ccc(Cl)c(Cl)c1. The number of halogens is 2. The maximum absolute atomic E-state index is 11.4. The molecule has 7 heteroatoms. The average Bonchev–Trinajstić information content (AvgIpc) is 2.77. The van der Waals surface area contributed by atoms with Crippen LogP contribution in [0.4, 0.5) is 0 Å². The van der Waals surface area contributed by atoms with Gasteiger partial charge in [0.05, 0.1) is 36.0 Å². The van der Waals surface area contributed by atoms with E-state index in [2.05, 4.69) is 5.32 Å². The van der Waals surface area contributed by atoms with E-state index in [1.807, 2.05) is 12.1 Å². The van der Waals surface area contributed by atoms with Crippen LogP contribution in [0.15, 0.2) is 18.2 Å². The zero-order valence-corrected chi connectivity index (χ0v) is 15.2. The van der Waals surface area contributed by atoms with Crippen molar-refractivity contribution in [1.29, 1.82) is 0 Å². The molecule has 0 aliphatic carbocycles. The first kappa shape index (κ1) is 19.5. The fraction of sp³-hybridized carbons (Fsp3) is 0.588. The number of benzene rings is 1. The van der Waals surface area contributed by atoms with Crippen LogP contribution in [-0.2, 0) is 25.4 Å². The molecular weight excluding hydrogens is 353 g/mol. The van der Waals surface area contributed by atoms with E-state index in [0.29, 0.717) is 29.9 Å². The van der Waals surface area contributed by atoms with Crippen molar-refractivity contribution in [3.63, 3.8) is 0 Å². The molecular formula is C17H23Cl2NO4. The van der Waals surface area contributed by atoms with Crippen molar-refractivity contribution in [3.05, 3.63) is 33.8 Å². The highest BCUT2D eigenvalue weighted by atomic mass is 35.5. The smallest absolute Gasteiger partial charge is 0.332 e. The van der Waals surface area contributed by atoms with Gasteiger partial charge >= 0.3 is 5.97 Å². The summed E-state index contributed by atoms with van der Waals surface area (Å²) in [5.74, 6) is -0.141. The van der Waals surface area contributed by atoms with Crippen LogP contribution in [0.5, 0.6) is 0 Å². The fourth-order valence-corrected chi connectivity index (χ4v) is 2.98. The second-order valence-corrected chi connectivity index (χ2v) is 6.46. The fourth-order valence-electron chi connectivity index (χ4n) is 2.66. The number of carbonyl (C=O) groups is 1. The van der Waals surface area contributed by atoms with Crippen molar-refractivity contribution < 1.29 is 19.0 Å². The third-order valence-corrected chi connectivity index (χ3v) is 4.57. The lowest BCUT2D eigenvalue weighted by atomic mass is 9.94. The second-order valence-electron chi connectivity index (χ2n) is 5.65. The Morgan fingerprint density at radius 2 is 2.21 bits per heavy atom. The van der Waals surface area contributed by atoms with Gasteiger partial charge in [0.25, 0.3) is 0 Å². The van der Waals surface area contributed by atoms with Gasteiger partial charge in [0.1, 0.15) is 6.61 Å². The van der Waals surface area contributed by atoms with Crippen LogP contribution in [0.25, 0.3) is 0 Å². The molecule has 1 saturated heterocycles. The topological polar surface area (TPSA) is 56.8 Å². The van der Waals surface area contributed by atoms with E-state index in [1.165, 1.54) is 0 Å². The van der Waals surface area contributed by atoms with E-state index >= 15 is 0 Å². The lowest BCUT2D eigenvalue weighted by molar-refractivity contribution is -0.150. The molecule has 1 aromatic carbocycles. The summed E-state index contributed by atoms with van der Waals surface area (Å²) in [6.07, 6.45) is 0.695. The Hall–Kier alpha value is -0.850. The van der Waals surface area contributed by atoms with E-state index in [0.717, 1.165) is 25.1 Å². The maximum atomic E-state index is 11.4. The first-order valence-corrected chi connectivity index (χ1v) is 8.85. The van der Waals surface area contributed by atoms with Gasteiger partial charge in [-0.25, -0.2) is 4.79 Å². The summed E-state index contributed by atoms with van der Waals surface area (Å²) >= 11 is 12.1. The van der Waals surface area contributed by atoms with E-state index in [1.54, 1.807) is 13.0 Å². The number of ether oxygens (including phenoxy) is 3. The van der Waals surface area contributed by atoms with Crippen LogP contribution in [-0.4, -0.2) is 51.6 Å². The summed E-state index contributed by atoms with van der Waals surface area (Å²) in [4.78, 5) is 11.4. The van der Waals surface area contributed by atoms with E-state index in [9.17, 15) is 4.79 Å². The minimum atomic E-state index is -0.356. The molecule has 5 nitrogen and oxygen atoms in total. The van der Waals surface area contributed by atoms with Crippen LogP contribution in [0.2, 0.25) is 10.0 Å². The van der Waals surface area contributed by atoms with E-state index < -0.39 is 0 Å². The van der Waals surface area contributed by atoms with Crippen molar-refractivity contribution in [2.45, 2.75) is 19.4 Å². The predicted octanol–water partition coefficient (Wildman–Crippen LogP) is 2.72. The molecule has 1 N–H and O–H groups in total. The van der Waals surface area contributed by atoms with Gasteiger partial charge in [-0.1, -0.05) is 29.3 Å². The third-order valence-electron chi connectivity index (χ3n) is 3.83. The summed E-state index contributed by atoms with van der Waals surface area (Å²) in [5.41, 5.74) is 1.09. The van der Waals surface area contributed by atoms with Gasteiger partial charge in [0.2, 0.25) is 0 Å². The quantitative estimate of drug-likeness (QED) is 0.742. The molecule has 0 bridgehead atoms. The molecule has 1 heterocycles. The van der Waals surface area contributed by atoms with Gasteiger partial charge < -0.3 is 19.5 Å². The summed E-state index contributed by atoms with van der Waals surface area (Å²) < 4.78 is 16.2. The Morgan fingerprint density at radius 3 is 2.96 bits per heavy atom. The second kappa shape index (κ2) is 10.2. The summed E-state index contributed by atoms with van der Waals surface area (Å²) in [6, 6.07) is 5.65. The van der Waals surface area contributed by atoms with Crippen molar-refractivity contribution in [2.24, 2.45) is 5.92 Å². The van der Waals surface area contributed by atoms with Crippen LogP contribution in [0.1, 0.15) is 12.5 Å². The van der Waals surface area contributed by atoms with Crippen molar-refractivity contribution in [1.82, 2.24) is 5.32 Å². The zero-order chi connectivity index (χ0) is 17.4. The molecule has 2 unspecified atom stereocenters. The van der Waals surface area contributed by atoms with E-state index in [4.69, 9.17) is 37.4 Å². The normalized spacial score (nSPS) is 21.3. The maximum Gasteiger partial charge on any atom is 0.332 e. The Kier molecular flexibility index (Phi) is 8.29. The Morgan fingerprint density at radius 1 is 1.38 bits per heavy atom. The number of hydrogen-bond donors (Lipinski definition) is 1. The molecule has 2 atom stereocenters. The molecule has 2 rings (SSSR count). The van der Waals surface area contributed by atoms with Crippen LogP contribution in [0.3, 0.4) is 0 Å². The zero-order valence-electron chi connectivity index (χ0n) is 13.7. The Bertz CT molecular complexity index is 541. The first-order chi connectivity index (χ1) is 11.6. The highest BCUT2D eigenvalue weighted by Gasteiger charge is 2.25. The van der Waals surface area contributed by atoms with Crippen molar-refractivity contribution >= 4 is 29.2 Å². The summed E-state index contributed by atoms with van der Waals surface area (Å²) in [6.45, 7) is 4.65. The predicted molar refractivity (Wildman–Crippen MR) is 93.7 cm³/mol. The Balaban J connectivity index is 1.93. The molecule has 1 aliphatic rings. The van der Waals surface area contributed by atoms with Gasteiger partial charge in [-0.2, -0.15) is 0 Å². The lowest BCUT2D eigenvalue weighted by Gasteiger charge is -2.24. The van der Waals surface area contributed by atoms with Gasteiger partial charge in [-0.3, -0.25) is 0 Å². The molecule has 0 saturated carbocycles. The molecule has 1 fully saturated rings. The number of rotatable bonds is 7. The molecule has 0 aromatic heterocycles. The van der Waals surface area contributed by atoms with Crippen molar-refractivity contribution in [2.75, 3.05) is 39.5 Å². The molecule has 134 valence electrons. The average molecular weight is 376 g/mol. The minimum absolute atomic E-state index is 0.0549. The number of hydrogen-bond acceptors (Lipinski definition) is 5. The van der Waals surface area contributed by atoms with Gasteiger partial charge in [-0.05, 0) is 31.0 Å². The van der Waals surface area contributed by atoms with Crippen LogP contribution < -0.4 is 5.32 Å². The summed E-state index contributed by atoms with van der Waals surface area (Å²) in [7, 11) is 0. The number of esters is 1. The molecule has 1 aliphatic heterocycles. The van der Waals surface area contributed by atoms with E-state index in [-0.39, 0.29) is 24.6 Å². The Labute approximate surface area is 152 Å². The minimum Gasteiger partial charge on any atom is -0.464 e. The molecule has 24 heavy (non-hydrogen) atoms. The summed E-state index contributed by atoms with van der Waals surface area (Å²) in [5, 5.41) is 4.46. The molecule has 0 spiro atoms. The van der Waals surface area contributed by atoms with Crippen molar-refractivity contribution in [3.8, 4) is 0 Å². The van der Waals surface area contributed by atoms with Crippen LogP contribution >= 0.6 is 23.2 Å². The van der Waals surface area contributed by atoms with Gasteiger partial charge in [-0.15, -0.1) is 0 Å². The third kappa shape index (κ3) is 6.22. The lowest BCUT2D eigenvalue weighted by Crippen LogP contribution is -2.34.